The summed E-state index contributed by atoms with van der Waals surface area (Å²) in [6.45, 7) is 8.41. The zero-order valence-corrected chi connectivity index (χ0v) is 18.7. The lowest BCUT2D eigenvalue weighted by atomic mass is 10.2. The maximum Gasteiger partial charge on any atom is 0.262 e. The molecule has 1 fully saturated rings. The first kappa shape index (κ1) is 21.6. The molecule has 1 aliphatic heterocycles. The van der Waals surface area contributed by atoms with Crippen LogP contribution in [0.2, 0.25) is 5.02 Å². The Hall–Kier alpha value is -2.61. The van der Waals surface area contributed by atoms with E-state index in [0.29, 0.717) is 16.5 Å². The van der Waals surface area contributed by atoms with Gasteiger partial charge in [-0.2, -0.15) is 0 Å². The van der Waals surface area contributed by atoms with Crippen molar-refractivity contribution in [3.8, 4) is 5.75 Å². The minimum absolute atomic E-state index is 0.0725. The number of nitrogens with one attached hydrogen (secondary N) is 1. The second kappa shape index (κ2) is 9.68. The number of likely N-dealkylation sites (N-methyl/N-ethyl adjacent to an activating group) is 1. The monoisotopic (exact) mass is 441 g/mol. The van der Waals surface area contributed by atoms with Gasteiger partial charge in [-0.05, 0) is 49.0 Å². The number of aryl methyl sites for hydroxylation is 1. The van der Waals surface area contributed by atoms with Gasteiger partial charge >= 0.3 is 0 Å². The van der Waals surface area contributed by atoms with Crippen LogP contribution in [0, 0.1) is 0 Å². The number of anilines is 1. The van der Waals surface area contributed by atoms with Gasteiger partial charge in [-0.1, -0.05) is 18.5 Å². The first-order valence-electron chi connectivity index (χ1n) is 10.6. The number of ether oxygens (including phenoxy) is 1. The van der Waals surface area contributed by atoms with Crippen LogP contribution in [0.15, 0.2) is 42.5 Å². The van der Waals surface area contributed by atoms with Crippen molar-refractivity contribution >= 4 is 34.2 Å². The molecule has 1 aromatic heterocycles. The van der Waals surface area contributed by atoms with Crippen molar-refractivity contribution in [3.63, 3.8) is 0 Å². The molecule has 1 saturated heterocycles. The predicted octanol–water partition coefficient (Wildman–Crippen LogP) is 3.38. The summed E-state index contributed by atoms with van der Waals surface area (Å²) in [7, 11) is 2.05. The number of benzene rings is 2. The molecule has 1 N–H and O–H groups in total. The number of halogens is 1. The third-order valence-corrected chi connectivity index (χ3v) is 5.97. The number of hydrogen-bond donors (Lipinski definition) is 1. The first-order valence-corrected chi connectivity index (χ1v) is 11.0. The van der Waals surface area contributed by atoms with Gasteiger partial charge in [0.15, 0.2) is 6.61 Å². The number of rotatable bonds is 7. The van der Waals surface area contributed by atoms with Crippen LogP contribution < -0.4 is 10.1 Å². The minimum Gasteiger partial charge on any atom is -0.484 e. The van der Waals surface area contributed by atoms with Crippen molar-refractivity contribution in [2.24, 2.45) is 7.05 Å². The normalized spacial score (nSPS) is 15.3. The molecule has 0 bridgehead atoms. The smallest absolute Gasteiger partial charge is 0.262 e. The molecule has 31 heavy (non-hydrogen) atoms. The fourth-order valence-corrected chi connectivity index (χ4v) is 3.94. The van der Waals surface area contributed by atoms with Crippen molar-refractivity contribution in [1.29, 1.82) is 0 Å². The summed E-state index contributed by atoms with van der Waals surface area (Å²) in [6, 6.07) is 12.7. The van der Waals surface area contributed by atoms with Crippen molar-refractivity contribution in [2.75, 3.05) is 44.6 Å². The van der Waals surface area contributed by atoms with E-state index in [2.05, 4.69) is 26.6 Å². The number of carbonyl (C=O) groups excluding carboxylic acids is 1. The fourth-order valence-electron chi connectivity index (χ4n) is 3.81. The largest absolute Gasteiger partial charge is 0.484 e. The molecule has 3 aromatic rings. The highest BCUT2D eigenvalue weighted by atomic mass is 35.5. The van der Waals surface area contributed by atoms with Crippen LogP contribution in [0.4, 0.5) is 5.69 Å². The molecule has 8 heteroatoms. The van der Waals surface area contributed by atoms with E-state index in [9.17, 15) is 4.79 Å². The molecule has 0 radical (unpaired) electrons. The molecule has 1 amide bonds. The Morgan fingerprint density at radius 2 is 1.81 bits per heavy atom. The van der Waals surface area contributed by atoms with E-state index in [1.165, 1.54) is 0 Å². The molecule has 7 nitrogen and oxygen atoms in total. The molecule has 2 heterocycles. The van der Waals surface area contributed by atoms with Crippen LogP contribution >= 0.6 is 11.6 Å². The van der Waals surface area contributed by atoms with Gasteiger partial charge in [0.05, 0.1) is 17.6 Å². The van der Waals surface area contributed by atoms with Crippen molar-refractivity contribution in [2.45, 2.75) is 13.5 Å². The topological polar surface area (TPSA) is 62.6 Å². The van der Waals surface area contributed by atoms with E-state index < -0.39 is 0 Å². The lowest BCUT2D eigenvalue weighted by Crippen LogP contribution is -2.45. The Balaban J connectivity index is 1.37. The van der Waals surface area contributed by atoms with Crippen molar-refractivity contribution in [1.82, 2.24) is 19.4 Å². The Kier molecular flexibility index (Phi) is 6.75. The van der Waals surface area contributed by atoms with Gasteiger partial charge in [-0.15, -0.1) is 0 Å². The highest BCUT2D eigenvalue weighted by Crippen LogP contribution is 2.21. The summed E-state index contributed by atoms with van der Waals surface area (Å²) in [5, 5.41) is 3.51. The number of piperazine rings is 1. The van der Waals surface area contributed by atoms with Crippen LogP contribution in [0.25, 0.3) is 11.0 Å². The zero-order valence-electron chi connectivity index (χ0n) is 18.0. The highest BCUT2D eigenvalue weighted by molar-refractivity contribution is 6.30. The summed E-state index contributed by atoms with van der Waals surface area (Å²) >= 11 is 5.86. The first-order chi connectivity index (χ1) is 15.0. The van der Waals surface area contributed by atoms with Gasteiger partial charge < -0.3 is 19.5 Å². The lowest BCUT2D eigenvalue weighted by molar-refractivity contribution is -0.118. The standard InChI is InChI=1S/C23H28ClN5O2/c1-3-28-10-12-29(13-11-28)15-22-26-20-14-18(6-9-21(20)27(22)2)25-23(30)16-31-19-7-4-17(24)5-8-19/h4-9,14H,3,10-13,15-16H2,1-2H3,(H,25,30). The van der Waals surface area contributed by atoms with E-state index in [1.54, 1.807) is 24.3 Å². The Morgan fingerprint density at radius 1 is 1.10 bits per heavy atom. The number of fused-ring (bicyclic) bond motifs is 1. The van der Waals surface area contributed by atoms with E-state index in [1.807, 2.05) is 25.2 Å². The second-order valence-electron chi connectivity index (χ2n) is 7.79. The Bertz CT molecular complexity index is 1040. The van der Waals surface area contributed by atoms with Gasteiger partial charge in [-0.25, -0.2) is 4.98 Å². The average Bonchev–Trinajstić information content (AvgIpc) is 3.08. The van der Waals surface area contributed by atoms with Gasteiger partial charge in [0.1, 0.15) is 11.6 Å². The number of amides is 1. The third kappa shape index (κ3) is 5.36. The molecule has 4 rings (SSSR count). The summed E-state index contributed by atoms with van der Waals surface area (Å²) in [6.07, 6.45) is 0. The molecule has 0 aliphatic carbocycles. The second-order valence-corrected chi connectivity index (χ2v) is 8.23. The molecular formula is C23H28ClN5O2. The summed E-state index contributed by atoms with van der Waals surface area (Å²) in [5.41, 5.74) is 2.64. The molecule has 0 unspecified atom stereocenters. The van der Waals surface area contributed by atoms with E-state index >= 15 is 0 Å². The van der Waals surface area contributed by atoms with E-state index in [4.69, 9.17) is 21.3 Å². The molecular weight excluding hydrogens is 414 g/mol. The van der Waals surface area contributed by atoms with Gasteiger partial charge in [0.25, 0.3) is 5.91 Å². The van der Waals surface area contributed by atoms with Crippen LogP contribution in [-0.2, 0) is 18.4 Å². The van der Waals surface area contributed by atoms with Gasteiger partial charge in [0.2, 0.25) is 0 Å². The van der Waals surface area contributed by atoms with Gasteiger partial charge in [-0.3, -0.25) is 9.69 Å². The number of carbonyl (C=O) groups is 1. The summed E-state index contributed by atoms with van der Waals surface area (Å²) in [5.74, 6) is 1.41. The fraction of sp³-hybridized carbons (Fsp3) is 0.391. The zero-order chi connectivity index (χ0) is 21.8. The average molecular weight is 442 g/mol. The molecule has 0 saturated carbocycles. The molecule has 1 aliphatic rings. The Labute approximate surface area is 187 Å². The number of hydrogen-bond acceptors (Lipinski definition) is 5. The van der Waals surface area contributed by atoms with Crippen molar-refractivity contribution in [3.05, 3.63) is 53.3 Å². The SMILES string of the molecule is CCN1CCN(Cc2nc3cc(NC(=O)COc4ccc(Cl)cc4)ccc3n2C)CC1. The van der Waals surface area contributed by atoms with E-state index in [-0.39, 0.29) is 12.5 Å². The lowest BCUT2D eigenvalue weighted by Gasteiger charge is -2.33. The molecule has 0 atom stereocenters. The van der Waals surface area contributed by atoms with Gasteiger partial charge in [0, 0.05) is 43.9 Å². The van der Waals surface area contributed by atoms with Crippen LogP contribution in [0.1, 0.15) is 12.7 Å². The quantitative estimate of drug-likeness (QED) is 0.609. The summed E-state index contributed by atoms with van der Waals surface area (Å²) in [4.78, 5) is 22.0. The molecule has 164 valence electrons. The molecule has 2 aromatic carbocycles. The number of aromatic nitrogens is 2. The third-order valence-electron chi connectivity index (χ3n) is 5.72. The van der Waals surface area contributed by atoms with Crippen LogP contribution in [0.5, 0.6) is 5.75 Å². The number of imidazole rings is 1. The van der Waals surface area contributed by atoms with Crippen molar-refractivity contribution < 1.29 is 9.53 Å². The number of nitrogens with zero attached hydrogens (tertiary/aromatic N) is 4. The molecule has 0 spiro atoms. The Morgan fingerprint density at radius 3 is 2.52 bits per heavy atom. The highest BCUT2D eigenvalue weighted by Gasteiger charge is 2.18. The van der Waals surface area contributed by atoms with Crippen LogP contribution in [0.3, 0.4) is 0 Å². The maximum atomic E-state index is 12.3. The predicted molar refractivity (Wildman–Crippen MR) is 124 cm³/mol. The maximum absolute atomic E-state index is 12.3. The van der Waals surface area contributed by atoms with Crippen LogP contribution in [-0.4, -0.2) is 64.6 Å². The van der Waals surface area contributed by atoms with E-state index in [0.717, 1.165) is 56.1 Å². The minimum atomic E-state index is -0.223. The summed E-state index contributed by atoms with van der Waals surface area (Å²) < 4.78 is 7.64.